The van der Waals surface area contributed by atoms with E-state index >= 15 is 0 Å². The summed E-state index contributed by atoms with van der Waals surface area (Å²) in [4.78, 5) is 0. The molecule has 1 aliphatic carbocycles. The smallest absolute Gasteiger partial charge is 0.341 e. The van der Waals surface area contributed by atoms with E-state index in [1.807, 2.05) is 0 Å². The summed E-state index contributed by atoms with van der Waals surface area (Å²) in [6.07, 6.45) is 0.604. The maximum atomic E-state index is 13.1. The normalized spacial score (nSPS) is 42.6. The molecule has 0 radical (unpaired) electrons. The monoisotopic (exact) mass is 200 g/mol. The molecule has 6 heteroatoms. The molecule has 2 atom stereocenters. The van der Waals surface area contributed by atoms with E-state index < -0.39 is 17.6 Å². The highest BCUT2D eigenvalue weighted by atomic mass is 19.3. The van der Waals surface area contributed by atoms with Crippen LogP contribution < -0.4 is 0 Å². The lowest BCUT2D eigenvalue weighted by Gasteiger charge is -2.31. The van der Waals surface area contributed by atoms with Gasteiger partial charge in [0, 0.05) is 14.2 Å². The van der Waals surface area contributed by atoms with Crippen molar-refractivity contribution < 1.29 is 27.0 Å². The van der Waals surface area contributed by atoms with Crippen molar-refractivity contribution in [3.05, 3.63) is 12.2 Å². The Morgan fingerprint density at radius 1 is 0.846 bits per heavy atom. The van der Waals surface area contributed by atoms with E-state index in [9.17, 15) is 17.6 Å². The molecule has 1 rings (SSSR count). The second-order valence-electron chi connectivity index (χ2n) is 2.61. The van der Waals surface area contributed by atoms with Crippen LogP contribution in [-0.2, 0) is 9.47 Å². The molecule has 2 unspecified atom stereocenters. The highest BCUT2D eigenvalue weighted by Gasteiger charge is 2.72. The van der Waals surface area contributed by atoms with Gasteiger partial charge in [0.2, 0.25) is 0 Å². The summed E-state index contributed by atoms with van der Waals surface area (Å²) < 4.78 is 60.0. The maximum Gasteiger partial charge on any atom is 0.370 e. The third-order valence-corrected chi connectivity index (χ3v) is 1.96. The van der Waals surface area contributed by atoms with Crippen LogP contribution in [0.3, 0.4) is 0 Å². The van der Waals surface area contributed by atoms with E-state index in [0.717, 1.165) is 14.2 Å². The fourth-order valence-electron chi connectivity index (χ4n) is 1.05. The second kappa shape index (κ2) is 2.68. The van der Waals surface area contributed by atoms with Gasteiger partial charge < -0.3 is 9.47 Å². The maximum absolute atomic E-state index is 13.1. The molecule has 0 fully saturated rings. The average Bonchev–Trinajstić information content (AvgIpc) is 2.28. The Morgan fingerprint density at radius 2 is 1.15 bits per heavy atom. The molecule has 0 heterocycles. The van der Waals surface area contributed by atoms with Gasteiger partial charge in [-0.1, -0.05) is 0 Å². The predicted octanol–water partition coefficient (Wildman–Crippen LogP) is 1.82. The van der Waals surface area contributed by atoms with Gasteiger partial charge in [0.05, 0.1) is 0 Å². The van der Waals surface area contributed by atoms with Crippen LogP contribution in [0.1, 0.15) is 0 Å². The summed E-state index contributed by atoms with van der Waals surface area (Å²) in [5, 5.41) is 0. The van der Waals surface area contributed by atoms with E-state index in [0.29, 0.717) is 12.2 Å². The minimum atomic E-state index is -4.39. The number of rotatable bonds is 2. The van der Waals surface area contributed by atoms with Gasteiger partial charge in [-0.05, 0) is 12.2 Å². The summed E-state index contributed by atoms with van der Waals surface area (Å²) in [7, 11) is 1.44. The Bertz CT molecular complexity index is 221. The van der Waals surface area contributed by atoms with Crippen molar-refractivity contribution in [3.63, 3.8) is 0 Å². The third kappa shape index (κ3) is 1.08. The van der Waals surface area contributed by atoms with Crippen molar-refractivity contribution in [2.45, 2.75) is 17.6 Å². The molecule has 13 heavy (non-hydrogen) atoms. The lowest BCUT2D eigenvalue weighted by molar-refractivity contribution is -0.321. The van der Waals surface area contributed by atoms with Gasteiger partial charge >= 0.3 is 5.92 Å². The fourth-order valence-corrected chi connectivity index (χ4v) is 1.05. The Hall–Kier alpha value is -0.620. The summed E-state index contributed by atoms with van der Waals surface area (Å²) >= 11 is 0. The molecular weight excluding hydrogens is 192 g/mol. The first-order valence-electron chi connectivity index (χ1n) is 3.39. The topological polar surface area (TPSA) is 18.5 Å². The number of methoxy groups -OCH3 is 2. The Morgan fingerprint density at radius 3 is 1.31 bits per heavy atom. The second-order valence-corrected chi connectivity index (χ2v) is 2.61. The number of hydrogen-bond donors (Lipinski definition) is 0. The molecule has 1 aliphatic rings. The number of ether oxygens (including phenoxy) is 2. The molecule has 0 aliphatic heterocycles. The van der Waals surface area contributed by atoms with Gasteiger partial charge in [-0.3, -0.25) is 0 Å². The van der Waals surface area contributed by atoms with Crippen molar-refractivity contribution >= 4 is 0 Å². The van der Waals surface area contributed by atoms with E-state index in [-0.39, 0.29) is 0 Å². The molecule has 2 nitrogen and oxygen atoms in total. The standard InChI is InChI=1S/C7H8F4O2/c1-12-5(8)3-4-6(9,13-2)7(5,10)11/h3-4H,1-2H3. The molecule has 0 saturated carbocycles. The zero-order valence-corrected chi connectivity index (χ0v) is 6.98. The molecule has 0 amide bonds. The number of hydrogen-bond acceptors (Lipinski definition) is 2. The summed E-state index contributed by atoms with van der Waals surface area (Å²) in [6.45, 7) is 0. The lowest BCUT2D eigenvalue weighted by Crippen LogP contribution is -2.54. The molecule has 0 aromatic rings. The van der Waals surface area contributed by atoms with Crippen molar-refractivity contribution in [1.82, 2.24) is 0 Å². The molecule has 0 spiro atoms. The van der Waals surface area contributed by atoms with Gasteiger partial charge in [0.25, 0.3) is 11.7 Å². The van der Waals surface area contributed by atoms with E-state index in [1.54, 1.807) is 0 Å². The van der Waals surface area contributed by atoms with Gasteiger partial charge in [0.15, 0.2) is 0 Å². The molecule has 0 bridgehead atoms. The van der Waals surface area contributed by atoms with Crippen LogP contribution in [0.5, 0.6) is 0 Å². The Kier molecular flexibility index (Phi) is 2.16. The van der Waals surface area contributed by atoms with Crippen LogP contribution in [0.25, 0.3) is 0 Å². The molecule has 0 aromatic heterocycles. The van der Waals surface area contributed by atoms with E-state index in [4.69, 9.17) is 0 Å². The fraction of sp³-hybridized carbons (Fsp3) is 0.714. The zero-order chi connectivity index (χ0) is 10.3. The molecule has 0 N–H and O–H groups in total. The predicted molar refractivity (Wildman–Crippen MR) is 35.8 cm³/mol. The van der Waals surface area contributed by atoms with Crippen LogP contribution >= 0.6 is 0 Å². The van der Waals surface area contributed by atoms with Gasteiger partial charge in [-0.2, -0.15) is 8.78 Å². The number of alkyl halides is 4. The van der Waals surface area contributed by atoms with Crippen molar-refractivity contribution in [3.8, 4) is 0 Å². The van der Waals surface area contributed by atoms with E-state index in [1.165, 1.54) is 0 Å². The minimum Gasteiger partial charge on any atom is -0.341 e. The highest BCUT2D eigenvalue weighted by molar-refractivity contribution is 5.23. The minimum absolute atomic E-state index is 0.302. The first-order valence-corrected chi connectivity index (χ1v) is 3.39. The molecule has 0 saturated heterocycles. The van der Waals surface area contributed by atoms with E-state index in [2.05, 4.69) is 9.47 Å². The first kappa shape index (κ1) is 10.5. The van der Waals surface area contributed by atoms with Gasteiger partial charge in [-0.15, -0.1) is 0 Å². The first-order chi connectivity index (χ1) is 5.83. The number of halogens is 4. The quantitative estimate of drug-likeness (QED) is 0.500. The van der Waals surface area contributed by atoms with Crippen LogP contribution in [0.4, 0.5) is 17.6 Å². The zero-order valence-electron chi connectivity index (χ0n) is 6.98. The highest BCUT2D eigenvalue weighted by Crippen LogP contribution is 2.50. The lowest BCUT2D eigenvalue weighted by atomic mass is 10.1. The van der Waals surface area contributed by atoms with Crippen molar-refractivity contribution in [2.75, 3.05) is 14.2 Å². The van der Waals surface area contributed by atoms with Crippen LogP contribution in [-0.4, -0.2) is 31.9 Å². The summed E-state index contributed by atoms with van der Waals surface area (Å²) in [5.74, 6) is -11.3. The van der Waals surface area contributed by atoms with Crippen molar-refractivity contribution in [2.24, 2.45) is 0 Å². The van der Waals surface area contributed by atoms with Crippen molar-refractivity contribution in [1.29, 1.82) is 0 Å². The van der Waals surface area contributed by atoms with Gasteiger partial charge in [0.1, 0.15) is 0 Å². The van der Waals surface area contributed by atoms with Crippen LogP contribution in [0.2, 0.25) is 0 Å². The Balaban J connectivity index is 3.09. The van der Waals surface area contributed by atoms with Crippen LogP contribution in [0.15, 0.2) is 12.2 Å². The average molecular weight is 200 g/mol. The summed E-state index contributed by atoms with van der Waals surface area (Å²) in [5.41, 5.74) is 0. The SMILES string of the molecule is COC1(F)C=CC(F)(OC)C1(F)F. The largest absolute Gasteiger partial charge is 0.370 e. The summed E-state index contributed by atoms with van der Waals surface area (Å²) in [6, 6.07) is 0. The third-order valence-electron chi connectivity index (χ3n) is 1.96. The molecular formula is C7H8F4O2. The van der Waals surface area contributed by atoms with Crippen LogP contribution in [0, 0.1) is 0 Å². The Labute approximate surface area is 72.1 Å². The molecule has 76 valence electrons. The van der Waals surface area contributed by atoms with Gasteiger partial charge in [-0.25, -0.2) is 8.78 Å². The molecule has 0 aromatic carbocycles.